The Bertz CT molecular complexity index is 1440. The molecule has 1 amide bonds. The number of nitrogens with one attached hydrogen (secondary N) is 1. The minimum atomic E-state index is -3.71. The highest BCUT2D eigenvalue weighted by atomic mass is 79.9. The molecule has 35 heavy (non-hydrogen) atoms. The predicted octanol–water partition coefficient (Wildman–Crippen LogP) is 4.40. The van der Waals surface area contributed by atoms with Crippen LogP contribution in [0.5, 0.6) is 0 Å². The maximum absolute atomic E-state index is 13.3. The summed E-state index contributed by atoms with van der Waals surface area (Å²) in [6, 6.07) is 18.3. The summed E-state index contributed by atoms with van der Waals surface area (Å²) in [5, 5.41) is 0. The molecule has 180 valence electrons. The molecule has 1 aromatic heterocycles. The monoisotopic (exact) mass is 556 g/mol. The highest BCUT2D eigenvalue weighted by Crippen LogP contribution is 2.36. The molecule has 0 saturated carbocycles. The summed E-state index contributed by atoms with van der Waals surface area (Å²) in [5.41, 5.74) is 1.26. The van der Waals surface area contributed by atoms with E-state index in [0.29, 0.717) is 17.1 Å². The van der Waals surface area contributed by atoms with E-state index >= 15 is 0 Å². The summed E-state index contributed by atoms with van der Waals surface area (Å²) in [6.45, 7) is 1.58. The summed E-state index contributed by atoms with van der Waals surface area (Å²) in [4.78, 5) is 27.4. The van der Waals surface area contributed by atoms with Gasteiger partial charge in [0.2, 0.25) is 10.0 Å². The molecule has 0 spiro atoms. The van der Waals surface area contributed by atoms with Crippen LogP contribution in [0.1, 0.15) is 18.4 Å². The molecule has 0 radical (unpaired) electrons. The first-order chi connectivity index (χ1) is 16.7. The van der Waals surface area contributed by atoms with E-state index in [0.717, 1.165) is 4.47 Å². The van der Waals surface area contributed by atoms with E-state index < -0.39 is 21.9 Å². The van der Waals surface area contributed by atoms with Crippen LogP contribution in [-0.4, -0.2) is 27.4 Å². The molecule has 4 rings (SSSR count). The van der Waals surface area contributed by atoms with Crippen molar-refractivity contribution in [3.8, 4) is 0 Å². The molecule has 0 aliphatic carbocycles. The highest BCUT2D eigenvalue weighted by Gasteiger charge is 2.38. The Morgan fingerprint density at radius 3 is 2.43 bits per heavy atom. The van der Waals surface area contributed by atoms with Gasteiger partial charge in [-0.15, -0.1) is 0 Å². The van der Waals surface area contributed by atoms with Crippen LogP contribution in [0.4, 0.5) is 5.69 Å². The number of amides is 1. The molecular weight excluding hydrogens is 536 g/mol. The van der Waals surface area contributed by atoms with Gasteiger partial charge in [-0.3, -0.25) is 9.69 Å². The van der Waals surface area contributed by atoms with Gasteiger partial charge >= 0.3 is 5.97 Å². The largest absolute Gasteiger partial charge is 0.465 e. The zero-order valence-corrected chi connectivity index (χ0v) is 21.2. The fourth-order valence-corrected chi connectivity index (χ4v) is 4.92. The van der Waals surface area contributed by atoms with Crippen molar-refractivity contribution in [2.24, 2.45) is 0 Å². The number of allylic oxidation sites excluding steroid dienone is 1. The van der Waals surface area contributed by atoms with Crippen molar-refractivity contribution in [1.82, 2.24) is 4.72 Å². The fourth-order valence-electron chi connectivity index (χ4n) is 3.64. The Hall–Kier alpha value is -3.47. The van der Waals surface area contributed by atoms with E-state index in [1.165, 1.54) is 30.2 Å². The number of furan rings is 1. The van der Waals surface area contributed by atoms with Gasteiger partial charge in [-0.25, -0.2) is 17.9 Å². The van der Waals surface area contributed by atoms with Gasteiger partial charge in [-0.2, -0.15) is 0 Å². The summed E-state index contributed by atoms with van der Waals surface area (Å²) in [5.74, 6) is -0.432. The number of ether oxygens (including phenoxy) is 1. The minimum Gasteiger partial charge on any atom is -0.465 e. The van der Waals surface area contributed by atoms with Crippen LogP contribution in [-0.2, 0) is 30.9 Å². The molecule has 2 aromatic carbocycles. The van der Waals surface area contributed by atoms with Gasteiger partial charge in [0.05, 0.1) is 29.7 Å². The minimum absolute atomic E-state index is 0.0852. The molecule has 0 atom stereocenters. The summed E-state index contributed by atoms with van der Waals surface area (Å²) >= 11 is 3.37. The van der Waals surface area contributed by atoms with E-state index in [4.69, 9.17) is 9.15 Å². The number of sulfonamides is 1. The maximum atomic E-state index is 13.3. The lowest BCUT2D eigenvalue weighted by molar-refractivity contribution is -0.136. The number of nitrogens with zero attached hydrogens (tertiary/aromatic N) is 1. The second kappa shape index (κ2) is 10.0. The van der Waals surface area contributed by atoms with E-state index in [1.807, 2.05) is 0 Å². The molecular formula is C25H21BrN2O6S. The third-order valence-electron chi connectivity index (χ3n) is 5.33. The number of esters is 1. The smallest absolute Gasteiger partial charge is 0.340 e. The Morgan fingerprint density at radius 1 is 1.09 bits per heavy atom. The van der Waals surface area contributed by atoms with Crippen LogP contribution < -0.4 is 9.62 Å². The number of benzene rings is 2. The summed E-state index contributed by atoms with van der Waals surface area (Å²) in [7, 11) is -2.46. The fraction of sp³-hybridized carbons (Fsp3) is 0.120. The third-order valence-corrected chi connectivity index (χ3v) is 7.28. The molecule has 8 nitrogen and oxygen atoms in total. The van der Waals surface area contributed by atoms with Crippen LogP contribution in [0.15, 0.2) is 97.4 Å². The lowest BCUT2D eigenvalue weighted by Gasteiger charge is -2.17. The summed E-state index contributed by atoms with van der Waals surface area (Å²) in [6.07, 6.45) is 1.45. The normalized spacial score (nSPS) is 15.2. The lowest BCUT2D eigenvalue weighted by atomic mass is 10.1. The average molecular weight is 557 g/mol. The maximum Gasteiger partial charge on any atom is 0.340 e. The molecule has 2 heterocycles. The second-order valence-electron chi connectivity index (χ2n) is 7.57. The molecule has 0 bridgehead atoms. The van der Waals surface area contributed by atoms with Crippen molar-refractivity contribution >= 4 is 49.6 Å². The van der Waals surface area contributed by atoms with E-state index in [-0.39, 0.29) is 28.3 Å². The lowest BCUT2D eigenvalue weighted by Crippen LogP contribution is -2.24. The Kier molecular flexibility index (Phi) is 7.06. The van der Waals surface area contributed by atoms with E-state index in [2.05, 4.69) is 20.7 Å². The van der Waals surface area contributed by atoms with Crippen molar-refractivity contribution in [3.05, 3.63) is 99.6 Å². The third kappa shape index (κ3) is 5.14. The van der Waals surface area contributed by atoms with Crippen molar-refractivity contribution < 1.29 is 27.2 Å². The van der Waals surface area contributed by atoms with Gasteiger partial charge in [-0.05, 0) is 61.5 Å². The molecule has 10 heteroatoms. The molecule has 1 aliphatic rings. The van der Waals surface area contributed by atoms with Crippen LogP contribution in [0.3, 0.4) is 0 Å². The quantitative estimate of drug-likeness (QED) is 0.341. The first kappa shape index (κ1) is 24.6. The Balaban J connectivity index is 1.60. The van der Waals surface area contributed by atoms with E-state index in [9.17, 15) is 18.0 Å². The average Bonchev–Trinajstić information content (AvgIpc) is 3.40. The molecule has 3 aromatic rings. The van der Waals surface area contributed by atoms with Gasteiger partial charge in [-0.1, -0.05) is 34.1 Å². The number of hydrogen-bond donors (Lipinski definition) is 1. The molecule has 1 N–H and O–H groups in total. The van der Waals surface area contributed by atoms with Crippen LogP contribution >= 0.6 is 15.9 Å². The number of halogens is 1. The molecule has 0 saturated heterocycles. The standard InChI is InChI=1S/C25H21BrN2O6S/c1-16-23(25(30)33-2)22(24(29)28(16)18-10-8-17(26)9-11-18)14-19-12-13-20(34-19)15-27-35(31,32)21-6-4-3-5-7-21/h3-14,27H,15H2,1-2H3/b22-14+. The van der Waals surface area contributed by atoms with Gasteiger partial charge < -0.3 is 9.15 Å². The number of carbonyl (C=O) groups excluding carboxylic acids is 2. The van der Waals surface area contributed by atoms with Crippen LogP contribution in [0.25, 0.3) is 6.08 Å². The number of methoxy groups -OCH3 is 1. The molecule has 1 aliphatic heterocycles. The molecule has 0 fully saturated rings. The first-order valence-corrected chi connectivity index (χ1v) is 12.7. The number of rotatable bonds is 7. The first-order valence-electron chi connectivity index (χ1n) is 10.5. The highest BCUT2D eigenvalue weighted by molar-refractivity contribution is 9.10. The van der Waals surface area contributed by atoms with Gasteiger partial charge in [0, 0.05) is 15.9 Å². The van der Waals surface area contributed by atoms with Crippen molar-refractivity contribution in [2.75, 3.05) is 12.0 Å². The Labute approximate surface area is 211 Å². The van der Waals surface area contributed by atoms with Crippen LogP contribution in [0, 0.1) is 0 Å². The molecule has 0 unspecified atom stereocenters. The summed E-state index contributed by atoms with van der Waals surface area (Å²) < 4.78 is 38.8. The zero-order chi connectivity index (χ0) is 25.2. The van der Waals surface area contributed by atoms with Crippen molar-refractivity contribution in [3.63, 3.8) is 0 Å². The SMILES string of the molecule is COC(=O)C1=C(C)N(c2ccc(Br)cc2)C(=O)/C1=C/c1ccc(CNS(=O)(=O)c2ccccc2)o1. The van der Waals surface area contributed by atoms with E-state index in [1.54, 1.807) is 61.5 Å². The predicted molar refractivity (Wildman–Crippen MR) is 133 cm³/mol. The number of carbonyl (C=O) groups is 2. The second-order valence-corrected chi connectivity index (χ2v) is 10.3. The van der Waals surface area contributed by atoms with Crippen molar-refractivity contribution in [2.45, 2.75) is 18.4 Å². The topological polar surface area (TPSA) is 106 Å². The van der Waals surface area contributed by atoms with Crippen LogP contribution in [0.2, 0.25) is 0 Å². The van der Waals surface area contributed by atoms with Gasteiger partial charge in [0.1, 0.15) is 11.5 Å². The van der Waals surface area contributed by atoms with Crippen molar-refractivity contribution in [1.29, 1.82) is 0 Å². The number of hydrogen-bond acceptors (Lipinski definition) is 6. The zero-order valence-electron chi connectivity index (χ0n) is 18.8. The Morgan fingerprint density at radius 2 is 1.77 bits per heavy atom. The van der Waals surface area contributed by atoms with Gasteiger partial charge in [0.15, 0.2) is 0 Å². The number of anilines is 1. The van der Waals surface area contributed by atoms with Gasteiger partial charge in [0.25, 0.3) is 5.91 Å².